The van der Waals surface area contributed by atoms with Crippen LogP contribution in [0.3, 0.4) is 0 Å². The second kappa shape index (κ2) is 10.0. The van der Waals surface area contributed by atoms with E-state index in [4.69, 9.17) is 16.1 Å². The molecule has 2 N–H and O–H groups in total. The highest BCUT2D eigenvalue weighted by atomic mass is 31.0. The van der Waals surface area contributed by atoms with Crippen LogP contribution in [0.2, 0.25) is 0 Å². The first-order valence-electron chi connectivity index (χ1n) is 11.2. The van der Waals surface area contributed by atoms with E-state index in [1.807, 2.05) is 4.90 Å². The molecule has 0 spiro atoms. The van der Waals surface area contributed by atoms with Crippen molar-refractivity contribution in [1.29, 1.82) is 0 Å². The number of hydrogen-bond donors (Lipinski definition) is 2. The van der Waals surface area contributed by atoms with Gasteiger partial charge >= 0.3 is 0 Å². The van der Waals surface area contributed by atoms with Crippen LogP contribution in [0.5, 0.6) is 5.75 Å². The molecule has 2 heterocycles. The van der Waals surface area contributed by atoms with E-state index in [-0.39, 0.29) is 11.3 Å². The van der Waals surface area contributed by atoms with Crippen LogP contribution in [0.4, 0.5) is 4.39 Å². The van der Waals surface area contributed by atoms with Crippen LogP contribution in [0.15, 0.2) is 35.5 Å². The second-order valence-electron chi connectivity index (χ2n) is 8.47. The number of aromatic hydroxyl groups is 1. The van der Waals surface area contributed by atoms with E-state index in [9.17, 15) is 14.6 Å². The van der Waals surface area contributed by atoms with Crippen LogP contribution < -0.4 is 15.7 Å². The quantitative estimate of drug-likeness (QED) is 0.254. The summed E-state index contributed by atoms with van der Waals surface area (Å²) < 4.78 is 19.9. The minimum Gasteiger partial charge on any atom is -0.508 e. The number of methoxy groups -OCH3 is 1. The van der Waals surface area contributed by atoms with E-state index in [1.54, 1.807) is 26.3 Å². The first-order valence-corrected chi connectivity index (χ1v) is 11.7. The third-order valence-corrected chi connectivity index (χ3v) is 6.80. The molecule has 0 aliphatic carbocycles. The summed E-state index contributed by atoms with van der Waals surface area (Å²) >= 11 is 0. The van der Waals surface area contributed by atoms with Crippen LogP contribution in [0, 0.1) is 18.2 Å². The smallest absolute Gasteiger partial charge is 0.186 e. The predicted octanol–water partition coefficient (Wildman–Crippen LogP) is 2.23. The van der Waals surface area contributed by atoms with Gasteiger partial charge in [0, 0.05) is 47.7 Å². The van der Waals surface area contributed by atoms with Gasteiger partial charge in [-0.05, 0) is 41.6 Å². The molecule has 2 aromatic carbocycles. The lowest BCUT2D eigenvalue weighted by Gasteiger charge is -2.32. The molecule has 4 rings (SSSR count). The zero-order valence-electron chi connectivity index (χ0n) is 19.7. The number of rotatable bonds is 3. The molecule has 3 aromatic rings. The summed E-state index contributed by atoms with van der Waals surface area (Å²) in [7, 11) is 4.19. The third kappa shape index (κ3) is 4.73. The van der Waals surface area contributed by atoms with Crippen molar-refractivity contribution in [2.24, 2.45) is 4.99 Å². The molecule has 1 aliphatic heterocycles. The van der Waals surface area contributed by atoms with Crippen molar-refractivity contribution in [3.8, 4) is 29.4 Å². The Morgan fingerprint density at radius 3 is 2.86 bits per heavy atom. The van der Waals surface area contributed by atoms with Gasteiger partial charge in [0.1, 0.15) is 17.4 Å². The average molecular weight is 492 g/mol. The van der Waals surface area contributed by atoms with E-state index in [0.717, 1.165) is 19.4 Å². The molecule has 1 saturated heterocycles. The molecular formula is C27H27FN3O3P. The van der Waals surface area contributed by atoms with Crippen molar-refractivity contribution in [1.82, 2.24) is 9.88 Å². The van der Waals surface area contributed by atoms with Gasteiger partial charge < -0.3 is 19.8 Å². The highest BCUT2D eigenvalue weighted by Crippen LogP contribution is 2.34. The maximum atomic E-state index is 14.6. The topological polar surface area (TPSA) is 78.2 Å². The number of piperidine rings is 1. The standard InChI is InChI=1S/C27H27FN3O3P/c1-5-20-23(28)9-8-17-11-19(33)12-21(24(17)20)25-26(35)15(2)22(13-29-25)27(30-16(3)34-4)31-10-6-7-18(32)14-31/h1,8-9,11-13,18,32-33H,2,6-7,10,14,35H2,3-4H3/b27-22+,30-16+. The normalized spacial score (nSPS) is 17.3. The van der Waals surface area contributed by atoms with E-state index < -0.39 is 11.9 Å². The Labute approximate surface area is 205 Å². The Morgan fingerprint density at radius 1 is 1.40 bits per heavy atom. The minimum absolute atomic E-state index is 0.0119. The fraction of sp³-hybridized carbons (Fsp3) is 0.259. The Hall–Kier alpha value is -3.46. The number of β-amino-alcohol motifs (C(OH)–C–C–N with tert-alkyl or cyclic N) is 1. The van der Waals surface area contributed by atoms with Crippen LogP contribution in [0.1, 0.15) is 25.3 Å². The van der Waals surface area contributed by atoms with Gasteiger partial charge in [-0.2, -0.15) is 4.99 Å². The van der Waals surface area contributed by atoms with Gasteiger partial charge in [-0.25, -0.2) is 4.39 Å². The lowest BCUT2D eigenvalue weighted by atomic mass is 9.96. The van der Waals surface area contributed by atoms with Crippen LogP contribution >= 0.6 is 9.24 Å². The molecule has 180 valence electrons. The molecule has 0 bridgehead atoms. The summed E-state index contributed by atoms with van der Waals surface area (Å²) in [4.78, 5) is 11.3. The maximum absolute atomic E-state index is 14.6. The fourth-order valence-electron chi connectivity index (χ4n) is 4.37. The number of pyridine rings is 1. The summed E-state index contributed by atoms with van der Waals surface area (Å²) in [5.41, 5.74) is 1.10. The molecule has 1 fully saturated rings. The monoisotopic (exact) mass is 491 g/mol. The zero-order valence-corrected chi connectivity index (χ0v) is 20.8. The number of likely N-dealkylation sites (tertiary alicyclic amines) is 1. The van der Waals surface area contributed by atoms with E-state index in [2.05, 4.69) is 26.7 Å². The zero-order chi connectivity index (χ0) is 25.3. The SMILES string of the molecule is C#Cc1c(F)ccc2cc(O)cc(-c3nc/c(=C(/N=C(\C)OC)N4CCCC(O)C4)c(=C)c3P)c12. The largest absolute Gasteiger partial charge is 0.508 e. The van der Waals surface area contributed by atoms with Gasteiger partial charge in [-0.3, -0.25) is 4.98 Å². The number of phenolic OH excluding ortho intramolecular Hbond substituents is 1. The molecule has 1 aromatic heterocycles. The van der Waals surface area contributed by atoms with Gasteiger partial charge in [0.15, 0.2) is 5.90 Å². The molecule has 0 radical (unpaired) electrons. The lowest BCUT2D eigenvalue weighted by Crippen LogP contribution is -2.44. The molecule has 2 unspecified atom stereocenters. The number of benzene rings is 2. The van der Waals surface area contributed by atoms with Crippen molar-refractivity contribution in [3.63, 3.8) is 0 Å². The lowest BCUT2D eigenvalue weighted by molar-refractivity contribution is 0.0973. The summed E-state index contributed by atoms with van der Waals surface area (Å²) in [6, 6.07) is 5.93. The van der Waals surface area contributed by atoms with Gasteiger partial charge in [0.25, 0.3) is 0 Å². The first kappa shape index (κ1) is 24.7. The third-order valence-electron chi connectivity index (χ3n) is 6.17. The number of aliphatic hydroxyl groups is 1. The number of aliphatic hydroxyl groups excluding tert-OH is 1. The minimum atomic E-state index is -0.521. The summed E-state index contributed by atoms with van der Waals surface area (Å²) in [6.45, 7) is 7.19. The summed E-state index contributed by atoms with van der Waals surface area (Å²) in [5, 5.41) is 23.7. The number of fused-ring (bicyclic) bond motifs is 1. The number of halogens is 1. The maximum Gasteiger partial charge on any atom is 0.186 e. The van der Waals surface area contributed by atoms with Gasteiger partial charge in [-0.1, -0.05) is 18.6 Å². The summed E-state index contributed by atoms with van der Waals surface area (Å²) in [5.74, 6) is 2.99. The Balaban J connectivity index is 2.02. The van der Waals surface area contributed by atoms with Gasteiger partial charge in [-0.15, -0.1) is 15.7 Å². The Bertz CT molecular complexity index is 1500. The van der Waals surface area contributed by atoms with Crippen molar-refractivity contribution in [2.75, 3.05) is 20.2 Å². The number of aliphatic imine (C=N–C) groups is 1. The highest BCUT2D eigenvalue weighted by Gasteiger charge is 2.22. The van der Waals surface area contributed by atoms with Gasteiger partial charge in [0.05, 0.1) is 24.5 Å². The highest BCUT2D eigenvalue weighted by molar-refractivity contribution is 7.27. The molecule has 0 amide bonds. The predicted molar refractivity (Wildman–Crippen MR) is 141 cm³/mol. The van der Waals surface area contributed by atoms with Crippen LogP contribution in [-0.2, 0) is 4.74 Å². The van der Waals surface area contributed by atoms with Crippen molar-refractivity contribution in [2.45, 2.75) is 25.9 Å². The number of nitrogens with zero attached hydrogens (tertiary/aromatic N) is 3. The number of ether oxygens (including phenoxy) is 1. The Morgan fingerprint density at radius 2 is 2.17 bits per heavy atom. The van der Waals surface area contributed by atoms with E-state index in [1.165, 1.54) is 18.2 Å². The molecule has 6 nitrogen and oxygen atoms in total. The molecular weight excluding hydrogens is 464 g/mol. The molecule has 35 heavy (non-hydrogen) atoms. The molecule has 8 heteroatoms. The molecule has 2 atom stereocenters. The fourth-order valence-corrected chi connectivity index (χ4v) is 4.75. The van der Waals surface area contributed by atoms with Gasteiger partial charge in [0.2, 0.25) is 0 Å². The van der Waals surface area contributed by atoms with Crippen molar-refractivity contribution >= 4 is 43.6 Å². The van der Waals surface area contributed by atoms with Crippen molar-refractivity contribution in [3.05, 3.63) is 52.3 Å². The second-order valence-corrected chi connectivity index (χ2v) is 9.05. The number of terminal acetylenes is 1. The number of phenols is 1. The summed E-state index contributed by atoms with van der Waals surface area (Å²) in [6.07, 6.45) is 8.40. The van der Waals surface area contributed by atoms with Crippen LogP contribution in [-0.4, -0.2) is 52.3 Å². The number of hydrogen-bond acceptors (Lipinski definition) is 6. The first-order chi connectivity index (χ1) is 16.7. The van der Waals surface area contributed by atoms with E-state index in [0.29, 0.717) is 56.0 Å². The average Bonchev–Trinajstić information content (AvgIpc) is 2.84. The Kier molecular flexibility index (Phi) is 7.07. The van der Waals surface area contributed by atoms with Crippen LogP contribution in [0.25, 0.3) is 34.4 Å². The van der Waals surface area contributed by atoms with Crippen molar-refractivity contribution < 1.29 is 19.3 Å². The molecule has 1 aliphatic rings. The number of aromatic nitrogens is 1. The molecule has 0 saturated carbocycles. The van der Waals surface area contributed by atoms with E-state index >= 15 is 0 Å².